The molecule has 6 heteroatoms. The smallest absolute Gasteiger partial charge is 0.246 e. The summed E-state index contributed by atoms with van der Waals surface area (Å²) < 4.78 is 25.5. The van der Waals surface area contributed by atoms with Gasteiger partial charge in [-0.15, -0.1) is 0 Å². The van der Waals surface area contributed by atoms with Crippen LogP contribution in [0.5, 0.6) is 0 Å². The number of rotatable bonds is 3. The van der Waals surface area contributed by atoms with Crippen molar-refractivity contribution >= 4 is 31.6 Å². The molecule has 0 heterocycles. The Morgan fingerprint density at radius 2 is 2.20 bits per heavy atom. The summed E-state index contributed by atoms with van der Waals surface area (Å²) >= 11 is 3.24. The molecule has 0 aromatic heterocycles. The zero-order valence-electron chi connectivity index (χ0n) is 7.99. The van der Waals surface area contributed by atoms with Crippen molar-refractivity contribution in [3.05, 3.63) is 28.2 Å². The zero-order chi connectivity index (χ0) is 11.5. The number of anilines is 1. The van der Waals surface area contributed by atoms with Gasteiger partial charge in [0.15, 0.2) is 5.75 Å². The van der Waals surface area contributed by atoms with Gasteiger partial charge in [-0.3, -0.25) is 4.72 Å². The van der Waals surface area contributed by atoms with Gasteiger partial charge in [0.2, 0.25) is 10.0 Å². The minimum absolute atomic E-state index is 0.441. The minimum Gasteiger partial charge on any atom is -0.282 e. The van der Waals surface area contributed by atoms with E-state index in [4.69, 9.17) is 5.26 Å². The van der Waals surface area contributed by atoms with Gasteiger partial charge in [-0.05, 0) is 40.5 Å². The molecule has 80 valence electrons. The molecular weight excluding hydrogens is 280 g/mol. The van der Waals surface area contributed by atoms with Gasteiger partial charge in [0.05, 0.1) is 11.8 Å². The van der Waals surface area contributed by atoms with E-state index in [0.29, 0.717) is 10.2 Å². The first-order chi connectivity index (χ1) is 6.94. The van der Waals surface area contributed by atoms with Crippen molar-refractivity contribution in [2.75, 3.05) is 10.5 Å². The topological polar surface area (TPSA) is 70.0 Å². The summed E-state index contributed by atoms with van der Waals surface area (Å²) in [6.45, 7) is 1.90. The highest BCUT2D eigenvalue weighted by Crippen LogP contribution is 2.24. The molecule has 1 aromatic rings. The molecule has 0 unspecified atom stereocenters. The van der Waals surface area contributed by atoms with Crippen LogP contribution in [0, 0.1) is 18.3 Å². The number of nitrogens with zero attached hydrogens (tertiary/aromatic N) is 1. The molecule has 1 aromatic carbocycles. The molecule has 0 saturated carbocycles. The number of nitriles is 1. The lowest BCUT2D eigenvalue weighted by Gasteiger charge is -2.07. The molecule has 0 aliphatic rings. The molecule has 0 saturated heterocycles. The van der Waals surface area contributed by atoms with E-state index in [0.717, 1.165) is 5.56 Å². The number of nitrogens with one attached hydrogen (secondary N) is 1. The molecule has 0 atom stereocenters. The van der Waals surface area contributed by atoms with Gasteiger partial charge in [0, 0.05) is 4.47 Å². The Kier molecular flexibility index (Phi) is 3.72. The van der Waals surface area contributed by atoms with E-state index in [9.17, 15) is 8.42 Å². The van der Waals surface area contributed by atoms with E-state index in [-0.39, 0.29) is 0 Å². The number of sulfonamides is 1. The van der Waals surface area contributed by atoms with Gasteiger partial charge < -0.3 is 0 Å². The van der Waals surface area contributed by atoms with E-state index >= 15 is 0 Å². The molecule has 0 aliphatic carbocycles. The predicted molar refractivity (Wildman–Crippen MR) is 61.9 cm³/mol. The van der Waals surface area contributed by atoms with Gasteiger partial charge in [0.1, 0.15) is 0 Å². The summed E-state index contributed by atoms with van der Waals surface area (Å²) in [5.41, 5.74) is 1.46. The third-order valence-corrected chi connectivity index (χ3v) is 3.34. The standard InChI is InChI=1S/C9H9BrN2O2S/c1-7-2-3-9(8(10)6-7)12-15(13,14)5-4-11/h2-3,6,12H,5H2,1H3. The highest BCUT2D eigenvalue weighted by atomic mass is 79.9. The third kappa shape index (κ3) is 3.53. The highest BCUT2D eigenvalue weighted by Gasteiger charge is 2.11. The Bertz CT molecular complexity index is 505. The molecule has 0 amide bonds. The van der Waals surface area contributed by atoms with Gasteiger partial charge in [0.25, 0.3) is 0 Å². The maximum absolute atomic E-state index is 11.3. The normalized spacial score (nSPS) is 10.7. The van der Waals surface area contributed by atoms with Crippen LogP contribution in [-0.4, -0.2) is 14.2 Å². The number of aryl methyl sites for hydroxylation is 1. The van der Waals surface area contributed by atoms with E-state index in [1.165, 1.54) is 0 Å². The van der Waals surface area contributed by atoms with Gasteiger partial charge >= 0.3 is 0 Å². The average Bonchev–Trinajstić information content (AvgIpc) is 2.09. The highest BCUT2D eigenvalue weighted by molar-refractivity contribution is 9.10. The Balaban J connectivity index is 2.96. The van der Waals surface area contributed by atoms with Gasteiger partial charge in [-0.25, -0.2) is 8.42 Å². The van der Waals surface area contributed by atoms with E-state index in [2.05, 4.69) is 20.7 Å². The zero-order valence-corrected chi connectivity index (χ0v) is 10.4. The summed E-state index contributed by atoms with van der Waals surface area (Å²) in [7, 11) is -3.56. The summed E-state index contributed by atoms with van der Waals surface area (Å²) in [5, 5.41) is 8.31. The molecule has 1 N–H and O–H groups in total. The van der Waals surface area contributed by atoms with Crippen molar-refractivity contribution in [3.63, 3.8) is 0 Å². The summed E-state index contributed by atoms with van der Waals surface area (Å²) in [4.78, 5) is 0. The summed E-state index contributed by atoms with van der Waals surface area (Å²) in [6.07, 6.45) is 0. The molecular formula is C9H9BrN2O2S. The van der Waals surface area contributed by atoms with Crippen LogP contribution in [0.1, 0.15) is 5.56 Å². The van der Waals surface area contributed by atoms with Crippen molar-refractivity contribution in [2.45, 2.75) is 6.92 Å². The molecule has 4 nitrogen and oxygen atoms in total. The Hall–Kier alpha value is -1.06. The summed E-state index contributed by atoms with van der Waals surface area (Å²) in [6, 6.07) is 6.82. The molecule has 0 bridgehead atoms. The largest absolute Gasteiger partial charge is 0.282 e. The fourth-order valence-electron chi connectivity index (χ4n) is 0.992. The van der Waals surface area contributed by atoms with E-state index in [1.54, 1.807) is 24.3 Å². The molecule has 0 spiro atoms. The van der Waals surface area contributed by atoms with Crippen LogP contribution < -0.4 is 4.72 Å². The fraction of sp³-hybridized carbons (Fsp3) is 0.222. The molecule has 0 fully saturated rings. The van der Waals surface area contributed by atoms with Crippen LogP contribution in [0.2, 0.25) is 0 Å². The third-order valence-electron chi connectivity index (χ3n) is 1.64. The van der Waals surface area contributed by atoms with Crippen LogP contribution in [-0.2, 0) is 10.0 Å². The van der Waals surface area contributed by atoms with Crippen LogP contribution in [0.3, 0.4) is 0 Å². The van der Waals surface area contributed by atoms with Gasteiger partial charge in [-0.2, -0.15) is 5.26 Å². The second kappa shape index (κ2) is 4.64. The van der Waals surface area contributed by atoms with Crippen LogP contribution in [0.25, 0.3) is 0 Å². The second-order valence-corrected chi connectivity index (χ2v) is 5.58. The monoisotopic (exact) mass is 288 g/mol. The Labute approximate surface area is 97.1 Å². The van der Waals surface area contributed by atoms with Crippen LogP contribution in [0.4, 0.5) is 5.69 Å². The average molecular weight is 289 g/mol. The number of hydrogen-bond donors (Lipinski definition) is 1. The van der Waals surface area contributed by atoms with Crippen molar-refractivity contribution in [1.82, 2.24) is 0 Å². The lowest BCUT2D eigenvalue weighted by molar-refractivity contribution is 0.604. The second-order valence-electron chi connectivity index (χ2n) is 3.00. The SMILES string of the molecule is Cc1ccc(NS(=O)(=O)CC#N)c(Br)c1. The lowest BCUT2D eigenvalue weighted by Crippen LogP contribution is -2.15. The molecule has 15 heavy (non-hydrogen) atoms. The van der Waals surface area contributed by atoms with Crippen molar-refractivity contribution in [2.24, 2.45) is 0 Å². The van der Waals surface area contributed by atoms with Crippen LogP contribution >= 0.6 is 15.9 Å². The van der Waals surface area contributed by atoms with E-state index < -0.39 is 15.8 Å². The first-order valence-electron chi connectivity index (χ1n) is 4.08. The predicted octanol–water partition coefficient (Wildman–Crippen LogP) is 2.02. The molecule has 0 aliphatic heterocycles. The molecule has 1 rings (SSSR count). The van der Waals surface area contributed by atoms with Crippen molar-refractivity contribution in [1.29, 1.82) is 5.26 Å². The summed E-state index contributed by atoms with van der Waals surface area (Å²) in [5.74, 6) is -0.548. The van der Waals surface area contributed by atoms with Crippen molar-refractivity contribution in [3.8, 4) is 6.07 Å². The quantitative estimate of drug-likeness (QED) is 0.925. The lowest BCUT2D eigenvalue weighted by atomic mass is 10.2. The number of halogens is 1. The van der Waals surface area contributed by atoms with Crippen LogP contribution in [0.15, 0.2) is 22.7 Å². The Morgan fingerprint density at radius 3 is 2.73 bits per heavy atom. The van der Waals surface area contributed by atoms with E-state index in [1.807, 2.05) is 6.92 Å². The molecule has 0 radical (unpaired) electrons. The fourth-order valence-corrected chi connectivity index (χ4v) is 2.47. The number of benzene rings is 1. The minimum atomic E-state index is -3.56. The van der Waals surface area contributed by atoms with Gasteiger partial charge in [-0.1, -0.05) is 6.07 Å². The maximum Gasteiger partial charge on any atom is 0.246 e. The van der Waals surface area contributed by atoms with Crippen molar-refractivity contribution < 1.29 is 8.42 Å². The first kappa shape index (κ1) is 12.0. The Morgan fingerprint density at radius 1 is 1.53 bits per heavy atom. The first-order valence-corrected chi connectivity index (χ1v) is 6.53. The maximum atomic E-state index is 11.3. The number of hydrogen-bond acceptors (Lipinski definition) is 3.